The molecule has 3 N–H and O–H groups in total. The standard InChI is InChI=1S/C27H26N4O5S/c1-17-7-9-21(10-8-17)31-37(34,35)23-11-12-24(18(2)13-23)36-16-26(33)29-22-6-4-5-20(15-22)27-28-19(3)14-25(32)30-27/h4-15,31H,16H2,1-3H3,(H,29,33)(H,28,30,32). The van der Waals surface area contributed by atoms with Crippen LogP contribution in [0.2, 0.25) is 0 Å². The first-order valence-corrected chi connectivity index (χ1v) is 12.9. The Morgan fingerprint density at radius 2 is 1.70 bits per heavy atom. The van der Waals surface area contributed by atoms with Crippen molar-refractivity contribution >= 4 is 27.3 Å². The summed E-state index contributed by atoms with van der Waals surface area (Å²) in [6.07, 6.45) is 0. The highest BCUT2D eigenvalue weighted by atomic mass is 32.2. The number of ether oxygens (including phenoxy) is 1. The summed E-state index contributed by atoms with van der Waals surface area (Å²) in [7, 11) is -3.78. The van der Waals surface area contributed by atoms with Crippen LogP contribution in [0.4, 0.5) is 11.4 Å². The minimum Gasteiger partial charge on any atom is -0.483 e. The van der Waals surface area contributed by atoms with E-state index in [0.29, 0.717) is 39.8 Å². The molecule has 1 heterocycles. The summed E-state index contributed by atoms with van der Waals surface area (Å²) in [5, 5.41) is 2.75. The molecular formula is C27H26N4O5S. The van der Waals surface area contributed by atoms with Crippen LogP contribution in [0, 0.1) is 20.8 Å². The monoisotopic (exact) mass is 518 g/mol. The smallest absolute Gasteiger partial charge is 0.262 e. The summed E-state index contributed by atoms with van der Waals surface area (Å²) in [4.78, 5) is 31.3. The zero-order valence-electron chi connectivity index (χ0n) is 20.5. The molecule has 0 saturated heterocycles. The van der Waals surface area contributed by atoms with Crippen LogP contribution in [-0.2, 0) is 14.8 Å². The van der Waals surface area contributed by atoms with E-state index in [-0.39, 0.29) is 17.1 Å². The van der Waals surface area contributed by atoms with Gasteiger partial charge in [0.1, 0.15) is 11.6 Å². The predicted molar refractivity (Wildman–Crippen MR) is 142 cm³/mol. The molecule has 0 radical (unpaired) electrons. The van der Waals surface area contributed by atoms with Gasteiger partial charge >= 0.3 is 0 Å². The molecule has 0 fully saturated rings. The van der Waals surface area contributed by atoms with Gasteiger partial charge in [0.2, 0.25) is 0 Å². The van der Waals surface area contributed by atoms with Gasteiger partial charge < -0.3 is 15.0 Å². The van der Waals surface area contributed by atoms with Crippen molar-refractivity contribution in [1.29, 1.82) is 0 Å². The van der Waals surface area contributed by atoms with Crippen molar-refractivity contribution in [2.24, 2.45) is 0 Å². The van der Waals surface area contributed by atoms with Crippen molar-refractivity contribution in [3.05, 3.63) is 100.0 Å². The number of amides is 1. The Labute approximate surface area is 214 Å². The fourth-order valence-electron chi connectivity index (χ4n) is 3.59. The van der Waals surface area contributed by atoms with Gasteiger partial charge in [-0.15, -0.1) is 0 Å². The Hall–Kier alpha value is -4.44. The van der Waals surface area contributed by atoms with Gasteiger partial charge in [-0.05, 0) is 68.8 Å². The second kappa shape index (κ2) is 10.7. The third-order valence-electron chi connectivity index (χ3n) is 5.41. The van der Waals surface area contributed by atoms with E-state index in [4.69, 9.17) is 4.74 Å². The second-order valence-corrected chi connectivity index (χ2v) is 10.2. The van der Waals surface area contributed by atoms with Crippen molar-refractivity contribution < 1.29 is 17.9 Å². The quantitative estimate of drug-likeness (QED) is 0.321. The van der Waals surface area contributed by atoms with Gasteiger partial charge in [-0.1, -0.05) is 29.8 Å². The van der Waals surface area contributed by atoms with E-state index in [2.05, 4.69) is 20.0 Å². The zero-order chi connectivity index (χ0) is 26.6. The lowest BCUT2D eigenvalue weighted by atomic mass is 10.2. The maximum absolute atomic E-state index is 12.7. The molecule has 0 atom stereocenters. The molecule has 1 amide bonds. The number of anilines is 2. The number of rotatable bonds is 8. The van der Waals surface area contributed by atoms with Crippen molar-refractivity contribution in [2.75, 3.05) is 16.6 Å². The number of hydrogen-bond acceptors (Lipinski definition) is 6. The van der Waals surface area contributed by atoms with E-state index in [1.54, 1.807) is 50.2 Å². The minimum atomic E-state index is -3.78. The molecule has 3 aromatic carbocycles. The first-order chi connectivity index (χ1) is 17.6. The number of hydrogen-bond donors (Lipinski definition) is 3. The van der Waals surface area contributed by atoms with E-state index in [1.165, 1.54) is 24.3 Å². The Kier molecular flexibility index (Phi) is 7.40. The van der Waals surface area contributed by atoms with Crippen LogP contribution in [-0.4, -0.2) is 30.9 Å². The molecule has 190 valence electrons. The van der Waals surface area contributed by atoms with Crippen molar-refractivity contribution in [2.45, 2.75) is 25.7 Å². The van der Waals surface area contributed by atoms with Crippen LogP contribution in [0.1, 0.15) is 16.8 Å². The highest BCUT2D eigenvalue weighted by Gasteiger charge is 2.16. The zero-order valence-corrected chi connectivity index (χ0v) is 21.3. The third-order valence-corrected chi connectivity index (χ3v) is 6.79. The number of carbonyl (C=O) groups excluding carboxylic acids is 1. The fraction of sp³-hybridized carbons (Fsp3) is 0.148. The summed E-state index contributed by atoms with van der Waals surface area (Å²) < 4.78 is 33.7. The number of aromatic amines is 1. The van der Waals surface area contributed by atoms with Crippen LogP contribution >= 0.6 is 0 Å². The molecule has 0 saturated carbocycles. The van der Waals surface area contributed by atoms with Gasteiger partial charge in [-0.25, -0.2) is 13.4 Å². The number of aromatic nitrogens is 2. The molecule has 9 nitrogen and oxygen atoms in total. The van der Waals surface area contributed by atoms with Gasteiger partial charge in [0.25, 0.3) is 21.5 Å². The summed E-state index contributed by atoms with van der Waals surface area (Å²) >= 11 is 0. The number of aryl methyl sites for hydroxylation is 3. The molecule has 0 spiro atoms. The molecule has 4 aromatic rings. The number of benzene rings is 3. The van der Waals surface area contributed by atoms with Crippen molar-refractivity contribution in [3.8, 4) is 17.1 Å². The Morgan fingerprint density at radius 1 is 0.946 bits per heavy atom. The lowest BCUT2D eigenvalue weighted by Gasteiger charge is -2.13. The van der Waals surface area contributed by atoms with Crippen molar-refractivity contribution in [3.63, 3.8) is 0 Å². The van der Waals surface area contributed by atoms with Gasteiger partial charge in [-0.3, -0.25) is 14.3 Å². The second-order valence-electron chi connectivity index (χ2n) is 8.55. The van der Waals surface area contributed by atoms with Gasteiger partial charge in [0.15, 0.2) is 6.61 Å². The molecule has 10 heteroatoms. The molecule has 37 heavy (non-hydrogen) atoms. The lowest BCUT2D eigenvalue weighted by Crippen LogP contribution is -2.20. The number of nitrogens with one attached hydrogen (secondary N) is 3. The largest absolute Gasteiger partial charge is 0.483 e. The van der Waals surface area contributed by atoms with Crippen LogP contribution in [0.15, 0.2) is 82.5 Å². The van der Waals surface area contributed by atoms with Crippen LogP contribution in [0.25, 0.3) is 11.4 Å². The number of nitrogens with zero attached hydrogens (tertiary/aromatic N) is 1. The van der Waals surface area contributed by atoms with Crippen LogP contribution in [0.5, 0.6) is 5.75 Å². The molecule has 0 aliphatic carbocycles. The van der Waals surface area contributed by atoms with E-state index in [9.17, 15) is 18.0 Å². The van der Waals surface area contributed by atoms with E-state index in [1.807, 2.05) is 19.1 Å². The highest BCUT2D eigenvalue weighted by molar-refractivity contribution is 7.92. The Morgan fingerprint density at radius 3 is 2.41 bits per heavy atom. The third kappa shape index (κ3) is 6.62. The first-order valence-electron chi connectivity index (χ1n) is 11.4. The Balaban J connectivity index is 1.39. The molecule has 1 aromatic heterocycles. The number of sulfonamides is 1. The summed E-state index contributed by atoms with van der Waals surface area (Å²) in [6.45, 7) is 5.07. The van der Waals surface area contributed by atoms with E-state index in [0.717, 1.165) is 5.56 Å². The Bertz CT molecular complexity index is 1610. The molecule has 0 aliphatic rings. The molecular weight excluding hydrogens is 492 g/mol. The number of H-pyrrole nitrogens is 1. The number of carbonyl (C=O) groups is 1. The molecule has 0 bridgehead atoms. The summed E-state index contributed by atoms with van der Waals surface area (Å²) in [5.74, 6) is 0.389. The summed E-state index contributed by atoms with van der Waals surface area (Å²) in [5.41, 5.74) is 3.54. The van der Waals surface area contributed by atoms with Gasteiger partial charge in [0.05, 0.1) is 4.90 Å². The van der Waals surface area contributed by atoms with E-state index < -0.39 is 15.9 Å². The molecule has 0 aliphatic heterocycles. The van der Waals surface area contributed by atoms with Crippen molar-refractivity contribution in [1.82, 2.24) is 9.97 Å². The first kappa shape index (κ1) is 25.6. The average molecular weight is 519 g/mol. The topological polar surface area (TPSA) is 130 Å². The molecule has 0 unspecified atom stereocenters. The molecule has 4 rings (SSSR count). The maximum Gasteiger partial charge on any atom is 0.262 e. The van der Waals surface area contributed by atoms with Crippen LogP contribution < -0.4 is 20.3 Å². The predicted octanol–water partition coefficient (Wildman–Crippen LogP) is 4.18. The lowest BCUT2D eigenvalue weighted by molar-refractivity contribution is -0.118. The van der Waals surface area contributed by atoms with E-state index >= 15 is 0 Å². The highest BCUT2D eigenvalue weighted by Crippen LogP contribution is 2.24. The maximum atomic E-state index is 12.7. The minimum absolute atomic E-state index is 0.0852. The SMILES string of the molecule is Cc1ccc(NS(=O)(=O)c2ccc(OCC(=O)Nc3cccc(-c4nc(C)cc(=O)[nH]4)c3)c(C)c2)cc1. The fourth-order valence-corrected chi connectivity index (χ4v) is 4.73. The summed E-state index contributed by atoms with van der Waals surface area (Å²) in [6, 6.07) is 19.8. The normalized spacial score (nSPS) is 11.1. The van der Waals surface area contributed by atoms with Gasteiger partial charge in [-0.2, -0.15) is 0 Å². The van der Waals surface area contributed by atoms with Crippen LogP contribution in [0.3, 0.4) is 0 Å². The average Bonchev–Trinajstić information content (AvgIpc) is 2.84. The van der Waals surface area contributed by atoms with Gasteiger partial charge in [0, 0.05) is 28.7 Å².